The zero-order valence-electron chi connectivity index (χ0n) is 49.5. The largest absolute Gasteiger partial charge is 0.466 e. The maximum absolute atomic E-state index is 13.0. The van der Waals surface area contributed by atoms with Gasteiger partial charge >= 0.3 is 5.97 Å². The van der Waals surface area contributed by atoms with E-state index in [0.29, 0.717) is 19.4 Å². The Morgan fingerprint density at radius 3 is 1.26 bits per heavy atom. The number of hydrogen-bond donors (Lipinski definition) is 6. The monoisotopic (exact) mass is 1080 g/mol. The molecule has 0 saturated carbocycles. The lowest BCUT2D eigenvalue weighted by atomic mass is 9.99. The highest BCUT2D eigenvalue weighted by atomic mass is 16.7. The number of carbonyl (C=O) groups excluding carboxylic acids is 2. The van der Waals surface area contributed by atoms with Crippen LogP contribution < -0.4 is 5.32 Å². The highest BCUT2D eigenvalue weighted by molar-refractivity contribution is 5.76. The van der Waals surface area contributed by atoms with E-state index >= 15 is 0 Å². The van der Waals surface area contributed by atoms with Gasteiger partial charge in [0.1, 0.15) is 24.4 Å². The lowest BCUT2D eigenvalue weighted by Crippen LogP contribution is -2.60. The van der Waals surface area contributed by atoms with Crippen LogP contribution in [0.2, 0.25) is 0 Å². The number of hydrogen-bond acceptors (Lipinski definition) is 10. The van der Waals surface area contributed by atoms with Gasteiger partial charge in [-0.25, -0.2) is 0 Å². The van der Waals surface area contributed by atoms with E-state index in [0.717, 1.165) is 57.8 Å². The average molecular weight is 1080 g/mol. The Labute approximate surface area is 467 Å². The Balaban J connectivity index is 1.96. The summed E-state index contributed by atoms with van der Waals surface area (Å²) < 4.78 is 16.7. The molecule has 0 aromatic heterocycles. The molecule has 76 heavy (non-hydrogen) atoms. The summed E-state index contributed by atoms with van der Waals surface area (Å²) in [5.74, 6) is -0.177. The zero-order chi connectivity index (χ0) is 55.2. The fourth-order valence-corrected chi connectivity index (χ4v) is 10.4. The van der Waals surface area contributed by atoms with Gasteiger partial charge in [-0.05, 0) is 57.8 Å². The van der Waals surface area contributed by atoms with Crippen molar-refractivity contribution in [3.8, 4) is 0 Å². The molecule has 0 aliphatic carbocycles. The normalized spacial score (nSPS) is 18.8. The summed E-state index contributed by atoms with van der Waals surface area (Å²) in [5, 5.41) is 54.2. The van der Waals surface area contributed by atoms with Gasteiger partial charge in [0.25, 0.3) is 0 Å². The minimum Gasteiger partial charge on any atom is -0.466 e. The van der Waals surface area contributed by atoms with E-state index in [-0.39, 0.29) is 18.5 Å². The summed E-state index contributed by atoms with van der Waals surface area (Å²) in [6.07, 6.45) is 57.4. The number of aliphatic hydroxyl groups excluding tert-OH is 5. The SMILES string of the molecule is CCCCCCCCC/C=C/C(O)C(COC1OC(CO)C(O)C(O)C1O)NC(=O)CCCCCCCCCCCCC/C=C\CCCCCCCCCCCCCCOC(=O)CCCCCCCCCCCCCC. The smallest absolute Gasteiger partial charge is 0.305 e. The van der Waals surface area contributed by atoms with Gasteiger partial charge in [-0.1, -0.05) is 269 Å². The van der Waals surface area contributed by atoms with Gasteiger partial charge in [0.15, 0.2) is 6.29 Å². The third kappa shape index (κ3) is 44.0. The molecule has 1 rings (SSSR count). The topological polar surface area (TPSA) is 175 Å². The lowest BCUT2D eigenvalue weighted by molar-refractivity contribution is -0.302. The third-order valence-corrected chi connectivity index (χ3v) is 15.6. The van der Waals surface area contributed by atoms with Crippen LogP contribution in [0.3, 0.4) is 0 Å². The number of allylic oxidation sites excluding steroid dienone is 3. The first-order valence-electron chi connectivity index (χ1n) is 32.6. The van der Waals surface area contributed by atoms with E-state index in [4.69, 9.17) is 14.2 Å². The van der Waals surface area contributed by atoms with Crippen molar-refractivity contribution in [1.29, 1.82) is 0 Å². The van der Waals surface area contributed by atoms with E-state index in [1.807, 2.05) is 6.08 Å². The van der Waals surface area contributed by atoms with Crippen LogP contribution in [0.4, 0.5) is 0 Å². The Hall–Kier alpha value is -1.86. The lowest BCUT2D eigenvalue weighted by Gasteiger charge is -2.40. The minimum absolute atomic E-state index is 0.00642. The second kappa shape index (κ2) is 55.1. The number of unbranched alkanes of at least 4 members (excludes halogenated alkanes) is 41. The van der Waals surface area contributed by atoms with E-state index in [9.17, 15) is 35.1 Å². The summed E-state index contributed by atoms with van der Waals surface area (Å²) in [7, 11) is 0. The predicted octanol–water partition coefficient (Wildman–Crippen LogP) is 15.7. The van der Waals surface area contributed by atoms with Gasteiger partial charge in [0, 0.05) is 12.8 Å². The molecule has 7 unspecified atom stereocenters. The van der Waals surface area contributed by atoms with Crippen LogP contribution in [0.5, 0.6) is 0 Å². The van der Waals surface area contributed by atoms with Crippen LogP contribution in [-0.2, 0) is 23.8 Å². The van der Waals surface area contributed by atoms with Gasteiger partial charge in [-0.2, -0.15) is 0 Å². The van der Waals surface area contributed by atoms with Crippen LogP contribution >= 0.6 is 0 Å². The van der Waals surface area contributed by atoms with Crippen LogP contribution in [0.15, 0.2) is 24.3 Å². The highest BCUT2D eigenvalue weighted by Gasteiger charge is 2.44. The van der Waals surface area contributed by atoms with Crippen molar-refractivity contribution < 1.29 is 49.3 Å². The van der Waals surface area contributed by atoms with E-state index in [2.05, 4.69) is 31.3 Å². The molecule has 0 spiro atoms. The number of ether oxygens (including phenoxy) is 3. The minimum atomic E-state index is -1.57. The van der Waals surface area contributed by atoms with Crippen molar-refractivity contribution in [3.63, 3.8) is 0 Å². The number of esters is 1. The predicted molar refractivity (Wildman–Crippen MR) is 315 cm³/mol. The number of rotatable bonds is 57. The molecular formula is C65H123NO10. The second-order valence-corrected chi connectivity index (χ2v) is 22.8. The summed E-state index contributed by atoms with van der Waals surface area (Å²) >= 11 is 0. The Morgan fingerprint density at radius 2 is 0.842 bits per heavy atom. The van der Waals surface area contributed by atoms with Gasteiger partial charge in [0.05, 0.1) is 32.0 Å². The molecule has 11 nitrogen and oxygen atoms in total. The quantitative estimate of drug-likeness (QED) is 0.0195. The first-order chi connectivity index (χ1) is 37.2. The van der Waals surface area contributed by atoms with E-state index in [1.54, 1.807) is 6.08 Å². The standard InChI is InChI=1S/C65H123NO10/c1-3-5-7-9-11-13-14-33-37-41-45-49-53-61(70)74-54-50-46-42-38-34-31-29-27-25-23-21-19-17-15-16-18-20-22-24-26-28-30-32-36-40-44-48-52-60(69)66-57(58(68)51-47-43-39-35-12-10-8-6-4-2)56-75-65-64(73)63(72)62(71)59(55-67)76-65/h15-16,47,51,57-59,62-65,67-68,71-73H,3-14,17-46,48-50,52-56H2,1-2H3,(H,66,69)/b16-15-,51-47+. The molecule has 1 heterocycles. The van der Waals surface area contributed by atoms with E-state index in [1.165, 1.54) is 231 Å². The molecule has 448 valence electrons. The van der Waals surface area contributed by atoms with Gasteiger partial charge in [-0.3, -0.25) is 9.59 Å². The maximum Gasteiger partial charge on any atom is 0.305 e. The second-order valence-electron chi connectivity index (χ2n) is 22.8. The van der Waals surface area contributed by atoms with Crippen molar-refractivity contribution in [2.75, 3.05) is 19.8 Å². The van der Waals surface area contributed by atoms with Gasteiger partial charge < -0.3 is 45.1 Å². The summed E-state index contributed by atoms with van der Waals surface area (Å²) in [6.45, 7) is 4.33. The van der Waals surface area contributed by atoms with Crippen molar-refractivity contribution in [2.24, 2.45) is 0 Å². The molecule has 0 aromatic rings. The van der Waals surface area contributed by atoms with Crippen molar-refractivity contribution in [2.45, 2.75) is 358 Å². The molecule has 0 radical (unpaired) electrons. The molecule has 7 atom stereocenters. The number of carbonyl (C=O) groups is 2. The fraction of sp³-hybridized carbons (Fsp3) is 0.908. The van der Waals surface area contributed by atoms with Crippen molar-refractivity contribution >= 4 is 11.9 Å². The van der Waals surface area contributed by atoms with Crippen LogP contribution in [-0.4, -0.2) is 100 Å². The summed E-state index contributed by atoms with van der Waals surface area (Å²) in [4.78, 5) is 25.0. The molecule has 1 amide bonds. The molecular weight excluding hydrogens is 955 g/mol. The highest BCUT2D eigenvalue weighted by Crippen LogP contribution is 2.23. The molecule has 1 aliphatic rings. The van der Waals surface area contributed by atoms with Crippen LogP contribution in [0.25, 0.3) is 0 Å². The van der Waals surface area contributed by atoms with Crippen molar-refractivity contribution in [3.05, 3.63) is 24.3 Å². The fourth-order valence-electron chi connectivity index (χ4n) is 10.4. The molecule has 0 bridgehead atoms. The number of nitrogens with one attached hydrogen (secondary N) is 1. The first kappa shape index (κ1) is 72.2. The first-order valence-corrected chi connectivity index (χ1v) is 32.6. The van der Waals surface area contributed by atoms with Crippen molar-refractivity contribution in [1.82, 2.24) is 5.32 Å². The molecule has 6 N–H and O–H groups in total. The molecule has 11 heteroatoms. The number of aliphatic hydroxyl groups is 5. The maximum atomic E-state index is 13.0. The molecule has 1 aliphatic heterocycles. The molecule has 1 saturated heterocycles. The van der Waals surface area contributed by atoms with Gasteiger partial charge in [0.2, 0.25) is 5.91 Å². The summed E-state index contributed by atoms with van der Waals surface area (Å²) in [6, 6.07) is -0.808. The zero-order valence-corrected chi connectivity index (χ0v) is 49.5. The van der Waals surface area contributed by atoms with Crippen LogP contribution in [0.1, 0.15) is 316 Å². The Bertz CT molecular complexity index is 1310. The van der Waals surface area contributed by atoms with Crippen LogP contribution in [0, 0.1) is 0 Å². The van der Waals surface area contributed by atoms with E-state index < -0.39 is 49.5 Å². The molecule has 1 fully saturated rings. The number of amides is 1. The Morgan fingerprint density at radius 1 is 0.474 bits per heavy atom. The average Bonchev–Trinajstić information content (AvgIpc) is 3.42. The Kier molecular flexibility index (Phi) is 52.3. The van der Waals surface area contributed by atoms with Gasteiger partial charge in [-0.15, -0.1) is 0 Å². The summed E-state index contributed by atoms with van der Waals surface area (Å²) in [5.41, 5.74) is 0. The molecule has 0 aromatic carbocycles. The third-order valence-electron chi connectivity index (χ3n) is 15.6.